The molecule has 0 atom stereocenters. The van der Waals surface area contributed by atoms with E-state index < -0.39 is 5.97 Å². The second-order valence-corrected chi connectivity index (χ2v) is 8.01. The van der Waals surface area contributed by atoms with E-state index in [0.29, 0.717) is 18.1 Å². The highest BCUT2D eigenvalue weighted by atomic mass is 35.5. The Labute approximate surface area is 161 Å². The highest BCUT2D eigenvalue weighted by Gasteiger charge is 2.23. The molecule has 1 aromatic rings. The van der Waals surface area contributed by atoms with E-state index in [9.17, 15) is 4.79 Å². The lowest BCUT2D eigenvalue weighted by atomic mass is 9.77. The molecule has 3 nitrogen and oxygen atoms in total. The van der Waals surface area contributed by atoms with Crippen LogP contribution in [0.3, 0.4) is 0 Å². The number of benzene rings is 1. The van der Waals surface area contributed by atoms with Gasteiger partial charge in [0.1, 0.15) is 12.4 Å². The molecule has 0 unspecified atom stereocenters. The van der Waals surface area contributed by atoms with Crippen LogP contribution in [-0.4, -0.2) is 17.7 Å². The average molecular weight is 377 g/mol. The van der Waals surface area contributed by atoms with Crippen molar-refractivity contribution in [2.45, 2.75) is 70.6 Å². The molecular weight excluding hydrogens is 348 g/mol. The SMILES string of the molecule is O=C(O)CCc1ccc(OCC2=C(C3CCCCC3)CCCC2)cc1Cl. The largest absolute Gasteiger partial charge is 0.489 e. The van der Waals surface area contributed by atoms with Gasteiger partial charge >= 0.3 is 5.97 Å². The fourth-order valence-electron chi connectivity index (χ4n) is 4.33. The number of halogens is 1. The highest BCUT2D eigenvalue weighted by molar-refractivity contribution is 6.31. The molecule has 0 amide bonds. The van der Waals surface area contributed by atoms with Gasteiger partial charge in [-0.1, -0.05) is 42.5 Å². The van der Waals surface area contributed by atoms with Gasteiger partial charge in [0.25, 0.3) is 0 Å². The van der Waals surface area contributed by atoms with Crippen LogP contribution >= 0.6 is 11.6 Å². The molecule has 1 fully saturated rings. The zero-order chi connectivity index (χ0) is 18.4. The molecule has 142 valence electrons. The van der Waals surface area contributed by atoms with Crippen LogP contribution in [0, 0.1) is 5.92 Å². The number of aliphatic carboxylic acids is 1. The van der Waals surface area contributed by atoms with Gasteiger partial charge in [0.2, 0.25) is 0 Å². The molecule has 0 spiro atoms. The molecule has 1 N–H and O–H groups in total. The van der Waals surface area contributed by atoms with E-state index in [1.807, 2.05) is 18.2 Å². The van der Waals surface area contributed by atoms with Crippen LogP contribution in [0.25, 0.3) is 0 Å². The molecule has 0 aromatic heterocycles. The summed E-state index contributed by atoms with van der Waals surface area (Å²) in [6.07, 6.45) is 12.4. The second-order valence-electron chi connectivity index (χ2n) is 7.61. The summed E-state index contributed by atoms with van der Waals surface area (Å²) in [7, 11) is 0. The quantitative estimate of drug-likeness (QED) is 0.577. The summed E-state index contributed by atoms with van der Waals surface area (Å²) >= 11 is 6.30. The average Bonchev–Trinajstić information content (AvgIpc) is 2.66. The van der Waals surface area contributed by atoms with Crippen molar-refractivity contribution in [3.8, 4) is 5.75 Å². The number of rotatable bonds is 7. The number of hydrogen-bond acceptors (Lipinski definition) is 2. The minimum atomic E-state index is -0.805. The van der Waals surface area contributed by atoms with Crippen molar-refractivity contribution < 1.29 is 14.6 Å². The first-order chi connectivity index (χ1) is 12.6. The van der Waals surface area contributed by atoms with Crippen LogP contribution in [-0.2, 0) is 11.2 Å². The maximum Gasteiger partial charge on any atom is 0.303 e. The molecule has 0 saturated heterocycles. The molecule has 0 radical (unpaired) electrons. The maximum absolute atomic E-state index is 10.7. The van der Waals surface area contributed by atoms with Crippen LogP contribution in [0.4, 0.5) is 0 Å². The number of carboxylic acid groups (broad SMARTS) is 1. The monoisotopic (exact) mass is 376 g/mol. The third-order valence-electron chi connectivity index (χ3n) is 5.77. The number of carbonyl (C=O) groups is 1. The number of ether oxygens (including phenoxy) is 1. The lowest BCUT2D eigenvalue weighted by Crippen LogP contribution is -2.17. The first-order valence-corrected chi connectivity index (χ1v) is 10.3. The minimum Gasteiger partial charge on any atom is -0.489 e. The van der Waals surface area contributed by atoms with Crippen LogP contribution in [0.15, 0.2) is 29.3 Å². The van der Waals surface area contributed by atoms with E-state index in [4.69, 9.17) is 21.4 Å². The molecule has 0 bridgehead atoms. The molecule has 0 heterocycles. The van der Waals surface area contributed by atoms with Crippen molar-refractivity contribution >= 4 is 17.6 Å². The van der Waals surface area contributed by atoms with Crippen LogP contribution in [0.2, 0.25) is 5.02 Å². The Morgan fingerprint density at radius 1 is 1.12 bits per heavy atom. The second kappa shape index (κ2) is 9.45. The van der Waals surface area contributed by atoms with Crippen molar-refractivity contribution in [1.82, 2.24) is 0 Å². The van der Waals surface area contributed by atoms with Crippen LogP contribution in [0.1, 0.15) is 69.8 Å². The van der Waals surface area contributed by atoms with E-state index >= 15 is 0 Å². The van der Waals surface area contributed by atoms with Gasteiger partial charge < -0.3 is 9.84 Å². The smallest absolute Gasteiger partial charge is 0.303 e. The predicted octanol–water partition coefficient (Wildman–Crippen LogP) is 6.19. The van der Waals surface area contributed by atoms with Crippen LogP contribution in [0.5, 0.6) is 5.75 Å². The van der Waals surface area contributed by atoms with E-state index in [0.717, 1.165) is 23.7 Å². The van der Waals surface area contributed by atoms with Gasteiger partial charge in [0, 0.05) is 11.4 Å². The summed E-state index contributed by atoms with van der Waals surface area (Å²) in [6.45, 7) is 0.663. The number of aryl methyl sites for hydroxylation is 1. The number of hydrogen-bond donors (Lipinski definition) is 1. The van der Waals surface area contributed by atoms with E-state index in [-0.39, 0.29) is 6.42 Å². The molecule has 3 rings (SSSR count). The Morgan fingerprint density at radius 3 is 2.62 bits per heavy atom. The highest BCUT2D eigenvalue weighted by Crippen LogP contribution is 2.38. The molecule has 1 aromatic carbocycles. The molecule has 26 heavy (non-hydrogen) atoms. The van der Waals surface area contributed by atoms with E-state index in [2.05, 4.69) is 0 Å². The summed E-state index contributed by atoms with van der Waals surface area (Å²) in [4.78, 5) is 10.7. The summed E-state index contributed by atoms with van der Waals surface area (Å²) < 4.78 is 6.07. The molecule has 0 aliphatic heterocycles. The Kier molecular flexibility index (Phi) is 7.01. The molecule has 4 heteroatoms. The van der Waals surface area contributed by atoms with Gasteiger partial charge in [-0.15, -0.1) is 0 Å². The van der Waals surface area contributed by atoms with Gasteiger partial charge in [-0.3, -0.25) is 4.79 Å². The normalized spacial score (nSPS) is 18.8. The van der Waals surface area contributed by atoms with Crippen molar-refractivity contribution in [3.05, 3.63) is 39.9 Å². The zero-order valence-corrected chi connectivity index (χ0v) is 16.2. The minimum absolute atomic E-state index is 0.0948. The van der Waals surface area contributed by atoms with E-state index in [1.165, 1.54) is 56.9 Å². The Bertz CT molecular complexity index is 659. The van der Waals surface area contributed by atoms with Crippen molar-refractivity contribution in [2.75, 3.05) is 6.61 Å². The predicted molar refractivity (Wildman–Crippen MR) is 105 cm³/mol. The van der Waals surface area contributed by atoms with Gasteiger partial charge in [-0.25, -0.2) is 0 Å². The lowest BCUT2D eigenvalue weighted by Gasteiger charge is -2.30. The standard InChI is InChI=1S/C22H29ClO3/c23-21-14-19(12-10-17(21)11-13-22(24)25)26-15-18-8-4-5-9-20(18)16-6-2-1-3-7-16/h10,12,14,16H,1-9,11,13,15H2,(H,24,25). The van der Waals surface area contributed by atoms with Crippen molar-refractivity contribution in [3.63, 3.8) is 0 Å². The van der Waals surface area contributed by atoms with Gasteiger partial charge in [-0.05, 0) is 74.1 Å². The van der Waals surface area contributed by atoms with Gasteiger partial charge in [0.15, 0.2) is 0 Å². The molecular formula is C22H29ClO3. The van der Waals surface area contributed by atoms with Gasteiger partial charge in [0.05, 0.1) is 0 Å². The molecule has 1 saturated carbocycles. The third-order valence-corrected chi connectivity index (χ3v) is 6.12. The fraction of sp³-hybridized carbons (Fsp3) is 0.591. The Morgan fingerprint density at radius 2 is 1.88 bits per heavy atom. The summed E-state index contributed by atoms with van der Waals surface area (Å²) in [5, 5.41) is 9.40. The van der Waals surface area contributed by atoms with Crippen molar-refractivity contribution in [2.24, 2.45) is 5.92 Å². The topological polar surface area (TPSA) is 46.5 Å². The third kappa shape index (κ3) is 5.26. The number of carboxylic acids is 1. The Balaban J connectivity index is 1.63. The van der Waals surface area contributed by atoms with E-state index in [1.54, 1.807) is 5.57 Å². The summed E-state index contributed by atoms with van der Waals surface area (Å²) in [5.41, 5.74) is 4.05. The fourth-order valence-corrected chi connectivity index (χ4v) is 4.60. The summed E-state index contributed by atoms with van der Waals surface area (Å²) in [5.74, 6) is 0.751. The first-order valence-electron chi connectivity index (χ1n) is 9.97. The molecule has 2 aliphatic carbocycles. The first kappa shape index (κ1) is 19.3. The number of allylic oxidation sites excluding steroid dienone is 1. The zero-order valence-electron chi connectivity index (χ0n) is 15.4. The van der Waals surface area contributed by atoms with Crippen LogP contribution < -0.4 is 4.74 Å². The maximum atomic E-state index is 10.7. The van der Waals surface area contributed by atoms with Crippen molar-refractivity contribution in [1.29, 1.82) is 0 Å². The lowest BCUT2D eigenvalue weighted by molar-refractivity contribution is -0.136. The Hall–Kier alpha value is -1.48. The summed E-state index contributed by atoms with van der Waals surface area (Å²) in [6, 6.07) is 5.62. The van der Waals surface area contributed by atoms with Gasteiger partial charge in [-0.2, -0.15) is 0 Å². The molecule has 2 aliphatic rings.